The van der Waals surface area contributed by atoms with Gasteiger partial charge < -0.3 is 4.48 Å². The molecule has 0 aromatic heterocycles. The van der Waals surface area contributed by atoms with Gasteiger partial charge in [0, 0.05) is 11.1 Å². The van der Waals surface area contributed by atoms with Crippen LogP contribution in [0.15, 0.2) is 48.5 Å². The average molecular weight is 324 g/mol. The molecule has 0 spiro atoms. The molecule has 3 rings (SSSR count). The molecule has 0 radical (unpaired) electrons. The SMILES string of the molecule is C[N+]1(C)Cc2ccccc2-c2ccccc2C1.[O-][Cl+3]([O-])([O-])[O-]. The molecule has 0 saturated heterocycles. The molecule has 0 aliphatic carbocycles. The van der Waals surface area contributed by atoms with Crippen molar-refractivity contribution in [2.75, 3.05) is 14.1 Å². The van der Waals surface area contributed by atoms with E-state index < -0.39 is 10.2 Å². The summed E-state index contributed by atoms with van der Waals surface area (Å²) in [5, 5.41) is 0. The summed E-state index contributed by atoms with van der Waals surface area (Å²) in [6.07, 6.45) is 0. The van der Waals surface area contributed by atoms with Crippen molar-refractivity contribution in [1.29, 1.82) is 0 Å². The highest BCUT2D eigenvalue weighted by atomic mass is 35.7. The average Bonchev–Trinajstić information content (AvgIpc) is 2.48. The number of quaternary nitrogens is 1. The third-order valence-electron chi connectivity index (χ3n) is 3.52. The molecule has 0 bridgehead atoms. The number of benzene rings is 2. The highest BCUT2D eigenvalue weighted by molar-refractivity contribution is 5.71. The molecule has 0 unspecified atom stereocenters. The molecule has 1 heterocycles. The Labute approximate surface area is 132 Å². The van der Waals surface area contributed by atoms with Gasteiger partial charge >= 0.3 is 0 Å². The van der Waals surface area contributed by atoms with Crippen LogP contribution in [0.4, 0.5) is 0 Å². The van der Waals surface area contributed by atoms with E-state index in [1.54, 1.807) is 0 Å². The minimum Gasteiger partial charge on any atom is -0.321 e. The Morgan fingerprint density at radius 1 is 0.727 bits per heavy atom. The van der Waals surface area contributed by atoms with Crippen molar-refractivity contribution in [3.05, 3.63) is 59.7 Å². The first-order chi connectivity index (χ1) is 10.2. The van der Waals surface area contributed by atoms with Gasteiger partial charge in [0.1, 0.15) is 13.1 Å². The predicted molar refractivity (Wildman–Crippen MR) is 71.4 cm³/mol. The van der Waals surface area contributed by atoms with Crippen LogP contribution in [-0.4, -0.2) is 18.6 Å². The number of rotatable bonds is 0. The van der Waals surface area contributed by atoms with Gasteiger partial charge in [0.15, 0.2) is 0 Å². The summed E-state index contributed by atoms with van der Waals surface area (Å²) < 4.78 is 35.0. The topological polar surface area (TPSA) is 92.2 Å². The first-order valence-electron chi connectivity index (χ1n) is 6.76. The lowest BCUT2D eigenvalue weighted by molar-refractivity contribution is -2.00. The van der Waals surface area contributed by atoms with Crippen LogP contribution in [-0.2, 0) is 13.1 Å². The fourth-order valence-electron chi connectivity index (χ4n) is 2.82. The molecular formula is C16H18ClNO4. The number of nitrogens with zero attached hydrogens (tertiary/aromatic N) is 1. The van der Waals surface area contributed by atoms with Crippen LogP contribution >= 0.6 is 0 Å². The first kappa shape index (κ1) is 16.9. The molecule has 0 amide bonds. The van der Waals surface area contributed by atoms with Gasteiger partial charge in [0.25, 0.3) is 0 Å². The van der Waals surface area contributed by atoms with Crippen LogP contribution in [0.25, 0.3) is 11.1 Å². The normalized spacial score (nSPS) is 15.7. The lowest BCUT2D eigenvalue weighted by atomic mass is 9.97. The minimum atomic E-state index is -4.94. The van der Waals surface area contributed by atoms with Crippen LogP contribution < -0.4 is 18.6 Å². The number of fused-ring (bicyclic) bond motifs is 3. The summed E-state index contributed by atoms with van der Waals surface area (Å²) in [4.78, 5) is 0. The van der Waals surface area contributed by atoms with E-state index in [9.17, 15) is 0 Å². The molecule has 6 heteroatoms. The molecule has 2 aromatic carbocycles. The van der Waals surface area contributed by atoms with Gasteiger partial charge in [-0.3, -0.25) is 0 Å². The second-order valence-corrected chi connectivity index (χ2v) is 6.70. The van der Waals surface area contributed by atoms with E-state index in [0.717, 1.165) is 17.6 Å². The van der Waals surface area contributed by atoms with Crippen molar-refractivity contribution < 1.29 is 33.4 Å². The van der Waals surface area contributed by atoms with Crippen LogP contribution in [0.5, 0.6) is 0 Å². The van der Waals surface area contributed by atoms with Crippen molar-refractivity contribution in [3.8, 4) is 11.1 Å². The Bertz CT molecular complexity index is 597. The van der Waals surface area contributed by atoms with Gasteiger partial charge in [-0.25, -0.2) is 18.6 Å². The Morgan fingerprint density at radius 2 is 1.05 bits per heavy atom. The van der Waals surface area contributed by atoms with E-state index in [2.05, 4.69) is 62.6 Å². The first-order valence-corrected chi connectivity index (χ1v) is 7.99. The van der Waals surface area contributed by atoms with Gasteiger partial charge in [-0.15, -0.1) is 10.2 Å². The van der Waals surface area contributed by atoms with E-state index in [1.165, 1.54) is 22.3 Å². The quantitative estimate of drug-likeness (QED) is 0.563. The number of hydrogen-bond acceptors (Lipinski definition) is 4. The van der Waals surface area contributed by atoms with E-state index in [4.69, 9.17) is 18.6 Å². The molecule has 118 valence electrons. The molecule has 0 saturated carbocycles. The summed E-state index contributed by atoms with van der Waals surface area (Å²) in [6, 6.07) is 17.6. The zero-order valence-electron chi connectivity index (χ0n) is 12.5. The number of halogens is 1. The van der Waals surface area contributed by atoms with Crippen LogP contribution in [0, 0.1) is 10.2 Å². The van der Waals surface area contributed by atoms with E-state index >= 15 is 0 Å². The molecule has 0 atom stereocenters. The summed E-state index contributed by atoms with van der Waals surface area (Å²) in [7, 11) is -0.336. The zero-order chi connectivity index (χ0) is 16.4. The van der Waals surface area contributed by atoms with E-state index in [-0.39, 0.29) is 0 Å². The summed E-state index contributed by atoms with van der Waals surface area (Å²) >= 11 is 0. The van der Waals surface area contributed by atoms with Crippen molar-refractivity contribution in [3.63, 3.8) is 0 Å². The summed E-state index contributed by atoms with van der Waals surface area (Å²) in [5.74, 6) is 0. The van der Waals surface area contributed by atoms with Gasteiger partial charge in [-0.2, -0.15) is 0 Å². The van der Waals surface area contributed by atoms with Crippen molar-refractivity contribution in [1.82, 2.24) is 0 Å². The lowest BCUT2D eigenvalue weighted by Crippen LogP contribution is -2.68. The molecule has 0 N–H and O–H groups in total. The largest absolute Gasteiger partial charge is 0.321 e. The third-order valence-corrected chi connectivity index (χ3v) is 3.52. The van der Waals surface area contributed by atoms with Gasteiger partial charge in [0.05, 0.1) is 14.1 Å². The fourth-order valence-corrected chi connectivity index (χ4v) is 2.82. The van der Waals surface area contributed by atoms with E-state index in [1.807, 2.05) is 0 Å². The Hall–Kier alpha value is -1.47. The van der Waals surface area contributed by atoms with Crippen molar-refractivity contribution in [2.45, 2.75) is 13.1 Å². The maximum atomic E-state index is 8.49. The van der Waals surface area contributed by atoms with Crippen LogP contribution in [0.2, 0.25) is 0 Å². The minimum absolute atomic E-state index is 1.02. The molecule has 1 aliphatic heterocycles. The van der Waals surface area contributed by atoms with Crippen LogP contribution in [0.3, 0.4) is 0 Å². The predicted octanol–water partition coefficient (Wildman–Crippen LogP) is -1.31. The van der Waals surface area contributed by atoms with Crippen LogP contribution in [0.1, 0.15) is 11.1 Å². The second-order valence-electron chi connectivity index (χ2n) is 5.94. The molecule has 5 nitrogen and oxygen atoms in total. The molecule has 2 aromatic rings. The molecule has 1 aliphatic rings. The summed E-state index contributed by atoms with van der Waals surface area (Å²) in [5.41, 5.74) is 5.74. The summed E-state index contributed by atoms with van der Waals surface area (Å²) in [6.45, 7) is 2.20. The lowest BCUT2D eigenvalue weighted by Gasteiger charge is -2.28. The standard InChI is InChI=1S/C16H18N.ClHO4/c1-17(2)11-13-7-3-5-9-15(13)16-10-6-4-8-14(16)12-17;2-1(3,4)5/h3-10H,11-12H2,1-2H3;(H,2,3,4,5)/q+1;/p-1. The van der Waals surface area contributed by atoms with Gasteiger partial charge in [0.2, 0.25) is 0 Å². The molecule has 0 fully saturated rings. The van der Waals surface area contributed by atoms with Gasteiger partial charge in [-0.1, -0.05) is 48.5 Å². The second kappa shape index (κ2) is 6.34. The Kier molecular flexibility index (Phi) is 4.87. The maximum Gasteiger partial charge on any atom is 0.105 e. The highest BCUT2D eigenvalue weighted by Gasteiger charge is 2.25. The van der Waals surface area contributed by atoms with E-state index in [0.29, 0.717) is 0 Å². The Morgan fingerprint density at radius 3 is 1.41 bits per heavy atom. The van der Waals surface area contributed by atoms with Gasteiger partial charge in [-0.05, 0) is 11.1 Å². The van der Waals surface area contributed by atoms with Crippen molar-refractivity contribution >= 4 is 0 Å². The third kappa shape index (κ3) is 4.78. The molecule has 22 heavy (non-hydrogen) atoms. The smallest absolute Gasteiger partial charge is 0.105 e. The maximum absolute atomic E-state index is 8.49. The van der Waals surface area contributed by atoms with Crippen molar-refractivity contribution in [2.24, 2.45) is 0 Å². The zero-order valence-corrected chi connectivity index (χ0v) is 13.2. The monoisotopic (exact) mass is 323 g/mol. The molecular weight excluding hydrogens is 306 g/mol. The fraction of sp³-hybridized carbons (Fsp3) is 0.250. The Balaban J connectivity index is 0.000000309. The number of hydrogen-bond donors (Lipinski definition) is 0. The highest BCUT2D eigenvalue weighted by Crippen LogP contribution is 2.33.